The SMILES string of the molecule is c1ccc(-c2ccc3c(c2)c2c(-c4nc(-c5ccccc5)nc5c4oc4ccccc45)cccc2n3-c2ccccc2)cc1. The maximum atomic E-state index is 6.54. The molecule has 0 aliphatic carbocycles. The molecule has 6 aromatic carbocycles. The van der Waals surface area contributed by atoms with E-state index in [2.05, 4.69) is 120 Å². The molecular formula is C40H25N3O. The van der Waals surface area contributed by atoms with Crippen molar-refractivity contribution >= 4 is 43.9 Å². The number of hydrogen-bond donors (Lipinski definition) is 0. The van der Waals surface area contributed by atoms with E-state index in [0.717, 1.165) is 60.8 Å². The molecule has 0 aliphatic rings. The van der Waals surface area contributed by atoms with E-state index in [-0.39, 0.29) is 0 Å². The zero-order valence-electron chi connectivity index (χ0n) is 23.7. The Labute approximate surface area is 253 Å². The van der Waals surface area contributed by atoms with Crippen LogP contribution in [0.3, 0.4) is 0 Å². The first-order valence-electron chi connectivity index (χ1n) is 14.8. The molecule has 0 aliphatic heterocycles. The molecule has 0 spiro atoms. The van der Waals surface area contributed by atoms with E-state index in [4.69, 9.17) is 14.4 Å². The van der Waals surface area contributed by atoms with Gasteiger partial charge in [-0.25, -0.2) is 9.97 Å². The highest BCUT2D eigenvalue weighted by molar-refractivity contribution is 6.19. The van der Waals surface area contributed by atoms with E-state index in [1.54, 1.807) is 0 Å². The van der Waals surface area contributed by atoms with Crippen LogP contribution in [0.15, 0.2) is 156 Å². The number of fused-ring (bicyclic) bond motifs is 6. The minimum Gasteiger partial charge on any atom is -0.452 e. The van der Waals surface area contributed by atoms with Crippen molar-refractivity contribution in [1.29, 1.82) is 0 Å². The van der Waals surface area contributed by atoms with Crippen molar-refractivity contribution in [2.24, 2.45) is 0 Å². The second-order valence-electron chi connectivity index (χ2n) is 11.0. The molecule has 9 aromatic rings. The lowest BCUT2D eigenvalue weighted by atomic mass is 9.99. The van der Waals surface area contributed by atoms with Gasteiger partial charge in [-0.2, -0.15) is 0 Å². The molecule has 9 rings (SSSR count). The topological polar surface area (TPSA) is 43.9 Å². The molecule has 3 aromatic heterocycles. The van der Waals surface area contributed by atoms with Crippen molar-refractivity contribution in [2.75, 3.05) is 0 Å². The highest BCUT2D eigenvalue weighted by Gasteiger charge is 2.23. The van der Waals surface area contributed by atoms with Gasteiger partial charge in [0.25, 0.3) is 0 Å². The Hall–Kier alpha value is -6.00. The molecule has 0 unspecified atom stereocenters. The second kappa shape index (κ2) is 9.79. The standard InChI is InChI=1S/C40H25N3O/c1-4-13-26(14-5-1)28-23-24-33-32(25-28)36-31(20-12-21-34(36)43(33)29-17-8-3-9-18-29)38-39-37(30-19-10-11-22-35(30)44-39)41-40(42-38)27-15-6-2-7-16-27/h1-25H. The van der Waals surface area contributed by atoms with E-state index in [9.17, 15) is 0 Å². The van der Waals surface area contributed by atoms with Crippen LogP contribution in [-0.2, 0) is 0 Å². The van der Waals surface area contributed by atoms with Crippen LogP contribution in [0.1, 0.15) is 0 Å². The number of rotatable bonds is 4. The molecule has 0 saturated heterocycles. The molecule has 0 fully saturated rings. The van der Waals surface area contributed by atoms with Gasteiger partial charge in [-0.1, -0.05) is 109 Å². The molecule has 44 heavy (non-hydrogen) atoms. The average molecular weight is 564 g/mol. The molecule has 0 radical (unpaired) electrons. The molecule has 0 amide bonds. The summed E-state index contributed by atoms with van der Waals surface area (Å²) in [5.74, 6) is 0.674. The lowest BCUT2D eigenvalue weighted by Gasteiger charge is -2.09. The Morgan fingerprint density at radius 1 is 0.500 bits per heavy atom. The fraction of sp³-hybridized carbons (Fsp3) is 0. The van der Waals surface area contributed by atoms with Crippen LogP contribution in [0.5, 0.6) is 0 Å². The summed E-state index contributed by atoms with van der Waals surface area (Å²) < 4.78 is 8.89. The van der Waals surface area contributed by atoms with Gasteiger partial charge in [0, 0.05) is 33.0 Å². The normalized spacial score (nSPS) is 11.6. The van der Waals surface area contributed by atoms with Crippen molar-refractivity contribution in [2.45, 2.75) is 0 Å². The number of para-hydroxylation sites is 2. The largest absolute Gasteiger partial charge is 0.452 e. The lowest BCUT2D eigenvalue weighted by Crippen LogP contribution is -1.95. The van der Waals surface area contributed by atoms with Gasteiger partial charge >= 0.3 is 0 Å². The number of hydrogen-bond acceptors (Lipinski definition) is 3. The van der Waals surface area contributed by atoms with Gasteiger partial charge < -0.3 is 8.98 Å². The Bertz CT molecular complexity index is 2480. The Kier molecular flexibility index (Phi) is 5.47. The summed E-state index contributed by atoms with van der Waals surface area (Å²) in [5, 5.41) is 3.27. The fourth-order valence-electron chi connectivity index (χ4n) is 6.42. The minimum atomic E-state index is 0.674. The fourth-order valence-corrected chi connectivity index (χ4v) is 6.42. The van der Waals surface area contributed by atoms with Gasteiger partial charge in [-0.05, 0) is 53.6 Å². The van der Waals surface area contributed by atoms with Gasteiger partial charge in [-0.15, -0.1) is 0 Å². The summed E-state index contributed by atoms with van der Waals surface area (Å²) in [7, 11) is 0. The zero-order valence-corrected chi connectivity index (χ0v) is 23.7. The summed E-state index contributed by atoms with van der Waals surface area (Å²) in [6.07, 6.45) is 0. The lowest BCUT2D eigenvalue weighted by molar-refractivity contribution is 0.667. The van der Waals surface area contributed by atoms with Gasteiger partial charge in [0.15, 0.2) is 11.4 Å². The molecule has 3 heterocycles. The van der Waals surface area contributed by atoms with Gasteiger partial charge in [-0.3, -0.25) is 0 Å². The Morgan fingerprint density at radius 2 is 1.20 bits per heavy atom. The van der Waals surface area contributed by atoms with E-state index in [1.165, 1.54) is 11.1 Å². The maximum Gasteiger partial charge on any atom is 0.180 e. The van der Waals surface area contributed by atoms with E-state index in [0.29, 0.717) is 11.4 Å². The predicted octanol–water partition coefficient (Wildman–Crippen LogP) is 10.5. The molecular weight excluding hydrogens is 538 g/mol. The number of benzene rings is 6. The summed E-state index contributed by atoms with van der Waals surface area (Å²) in [6.45, 7) is 0. The van der Waals surface area contributed by atoms with Crippen molar-refractivity contribution in [3.8, 4) is 39.5 Å². The van der Waals surface area contributed by atoms with Gasteiger partial charge in [0.05, 0.1) is 11.0 Å². The molecule has 0 bridgehead atoms. The first-order chi connectivity index (χ1) is 21.8. The number of nitrogens with zero attached hydrogens (tertiary/aromatic N) is 3. The summed E-state index contributed by atoms with van der Waals surface area (Å²) in [5.41, 5.74) is 10.8. The van der Waals surface area contributed by atoms with Crippen molar-refractivity contribution < 1.29 is 4.42 Å². The Morgan fingerprint density at radius 3 is 2.00 bits per heavy atom. The number of aromatic nitrogens is 3. The van der Waals surface area contributed by atoms with E-state index < -0.39 is 0 Å². The van der Waals surface area contributed by atoms with Crippen LogP contribution in [0.4, 0.5) is 0 Å². The predicted molar refractivity (Wildman–Crippen MR) is 180 cm³/mol. The van der Waals surface area contributed by atoms with Crippen LogP contribution in [-0.4, -0.2) is 14.5 Å². The van der Waals surface area contributed by atoms with E-state index >= 15 is 0 Å². The summed E-state index contributed by atoms with van der Waals surface area (Å²) in [4.78, 5) is 10.3. The third kappa shape index (κ3) is 3.78. The van der Waals surface area contributed by atoms with Crippen molar-refractivity contribution in [1.82, 2.24) is 14.5 Å². The first kappa shape index (κ1) is 24.6. The Balaban J connectivity index is 1.43. The second-order valence-corrected chi connectivity index (χ2v) is 11.0. The third-order valence-corrected chi connectivity index (χ3v) is 8.42. The highest BCUT2D eigenvalue weighted by Crippen LogP contribution is 2.43. The van der Waals surface area contributed by atoms with Crippen LogP contribution < -0.4 is 0 Å². The number of furan rings is 1. The van der Waals surface area contributed by atoms with Crippen LogP contribution in [0, 0.1) is 0 Å². The zero-order chi connectivity index (χ0) is 29.0. The highest BCUT2D eigenvalue weighted by atomic mass is 16.3. The smallest absolute Gasteiger partial charge is 0.180 e. The average Bonchev–Trinajstić information content (AvgIpc) is 3.64. The quantitative estimate of drug-likeness (QED) is 0.214. The third-order valence-electron chi connectivity index (χ3n) is 8.42. The van der Waals surface area contributed by atoms with Crippen LogP contribution >= 0.6 is 0 Å². The van der Waals surface area contributed by atoms with Gasteiger partial charge in [0.2, 0.25) is 0 Å². The van der Waals surface area contributed by atoms with Crippen molar-refractivity contribution in [3.05, 3.63) is 152 Å². The minimum absolute atomic E-state index is 0.674. The van der Waals surface area contributed by atoms with Gasteiger partial charge in [0.1, 0.15) is 16.8 Å². The monoisotopic (exact) mass is 563 g/mol. The molecule has 206 valence electrons. The molecule has 0 N–H and O–H groups in total. The van der Waals surface area contributed by atoms with Crippen molar-refractivity contribution in [3.63, 3.8) is 0 Å². The molecule has 0 atom stereocenters. The van der Waals surface area contributed by atoms with Crippen LogP contribution in [0.2, 0.25) is 0 Å². The van der Waals surface area contributed by atoms with E-state index in [1.807, 2.05) is 36.4 Å². The summed E-state index contributed by atoms with van der Waals surface area (Å²) in [6, 6.07) is 52.6. The first-order valence-corrected chi connectivity index (χ1v) is 14.8. The molecule has 4 heteroatoms. The summed E-state index contributed by atoms with van der Waals surface area (Å²) >= 11 is 0. The maximum absolute atomic E-state index is 6.54. The molecule has 4 nitrogen and oxygen atoms in total. The molecule has 0 saturated carbocycles. The van der Waals surface area contributed by atoms with Crippen LogP contribution in [0.25, 0.3) is 83.3 Å².